The molecule has 6 aromatic rings. The minimum Gasteiger partial charge on any atom is -0.497 e. The highest BCUT2D eigenvalue weighted by Gasteiger charge is 2.45. The van der Waals surface area contributed by atoms with Gasteiger partial charge in [-0.2, -0.15) is 0 Å². The normalized spacial score (nSPS) is 12.8. The van der Waals surface area contributed by atoms with Gasteiger partial charge >= 0.3 is 0 Å². The third-order valence-electron chi connectivity index (χ3n) is 7.16. The van der Waals surface area contributed by atoms with Crippen molar-refractivity contribution in [2.75, 3.05) is 14.2 Å². The Hall–Kier alpha value is -4.70. The van der Waals surface area contributed by atoms with E-state index in [1.54, 1.807) is 14.2 Å². The molecule has 0 aliphatic rings. The van der Waals surface area contributed by atoms with E-state index >= 15 is 0 Å². The molecule has 0 spiro atoms. The summed E-state index contributed by atoms with van der Waals surface area (Å²) < 4.78 is 11.6. The largest absolute Gasteiger partial charge is 0.497 e. The SMILES string of the molecule is COc1ccc([C@@](c2ccccc2)(c2ccc[nH]2)c2[nH]c3ccccc3c2-c2ccccc2)c(OC)c1. The van der Waals surface area contributed by atoms with E-state index in [4.69, 9.17) is 9.47 Å². The third-order valence-corrected chi connectivity index (χ3v) is 7.16. The van der Waals surface area contributed by atoms with Crippen molar-refractivity contribution in [1.82, 2.24) is 9.97 Å². The zero-order valence-electron chi connectivity index (χ0n) is 20.9. The van der Waals surface area contributed by atoms with Crippen molar-refractivity contribution in [1.29, 1.82) is 0 Å². The monoisotopic (exact) mass is 484 g/mol. The molecule has 37 heavy (non-hydrogen) atoms. The van der Waals surface area contributed by atoms with Crippen LogP contribution < -0.4 is 9.47 Å². The predicted octanol–water partition coefficient (Wildman–Crippen LogP) is 7.56. The lowest BCUT2D eigenvalue weighted by Crippen LogP contribution is -2.33. The lowest BCUT2D eigenvalue weighted by Gasteiger charge is -2.36. The van der Waals surface area contributed by atoms with E-state index in [2.05, 4.69) is 107 Å². The van der Waals surface area contributed by atoms with Crippen molar-refractivity contribution in [3.05, 3.63) is 144 Å². The number of hydrogen-bond donors (Lipinski definition) is 2. The molecule has 1 atom stereocenters. The van der Waals surface area contributed by atoms with Gasteiger partial charge in [-0.3, -0.25) is 0 Å². The molecule has 4 aromatic carbocycles. The molecule has 0 amide bonds. The summed E-state index contributed by atoms with van der Waals surface area (Å²) >= 11 is 0. The van der Waals surface area contributed by atoms with Gasteiger partial charge in [0.15, 0.2) is 0 Å². The zero-order chi connectivity index (χ0) is 25.2. The first-order valence-corrected chi connectivity index (χ1v) is 12.4. The van der Waals surface area contributed by atoms with Crippen LogP contribution in [0.4, 0.5) is 0 Å². The van der Waals surface area contributed by atoms with Gasteiger partial charge < -0.3 is 19.4 Å². The number of rotatable bonds is 7. The molecule has 0 aliphatic carbocycles. The lowest BCUT2D eigenvalue weighted by molar-refractivity contribution is 0.387. The van der Waals surface area contributed by atoms with Crippen LogP contribution in [0.25, 0.3) is 22.0 Å². The van der Waals surface area contributed by atoms with E-state index in [0.29, 0.717) is 0 Å². The number of ether oxygens (including phenoxy) is 2. The number of para-hydroxylation sites is 1. The Bertz CT molecular complexity index is 1640. The van der Waals surface area contributed by atoms with E-state index in [1.807, 2.05) is 24.4 Å². The van der Waals surface area contributed by atoms with Crippen LogP contribution >= 0.6 is 0 Å². The number of hydrogen-bond acceptors (Lipinski definition) is 2. The third kappa shape index (κ3) is 3.61. The average Bonchev–Trinajstić information content (AvgIpc) is 3.64. The Kier molecular flexibility index (Phi) is 5.78. The Labute approximate surface area is 216 Å². The van der Waals surface area contributed by atoms with Crippen LogP contribution in [0.3, 0.4) is 0 Å². The maximum Gasteiger partial charge on any atom is 0.127 e. The van der Waals surface area contributed by atoms with Crippen LogP contribution in [0.1, 0.15) is 22.5 Å². The van der Waals surface area contributed by atoms with E-state index in [9.17, 15) is 0 Å². The van der Waals surface area contributed by atoms with Crippen molar-refractivity contribution >= 4 is 10.9 Å². The first kappa shape index (κ1) is 22.7. The van der Waals surface area contributed by atoms with Crippen molar-refractivity contribution in [3.63, 3.8) is 0 Å². The van der Waals surface area contributed by atoms with Crippen LogP contribution in [0, 0.1) is 0 Å². The number of aromatic amines is 2. The van der Waals surface area contributed by atoms with Gasteiger partial charge in [-0.25, -0.2) is 0 Å². The Morgan fingerprint density at radius 1 is 0.676 bits per heavy atom. The fourth-order valence-corrected chi connectivity index (χ4v) is 5.56. The molecule has 2 heterocycles. The second-order valence-electron chi connectivity index (χ2n) is 9.05. The van der Waals surface area contributed by atoms with Gasteiger partial charge in [0.2, 0.25) is 0 Å². The average molecular weight is 485 g/mol. The quantitative estimate of drug-likeness (QED) is 0.246. The Morgan fingerprint density at radius 3 is 2.11 bits per heavy atom. The van der Waals surface area contributed by atoms with Gasteiger partial charge in [0.1, 0.15) is 16.9 Å². The summed E-state index contributed by atoms with van der Waals surface area (Å²) in [6.07, 6.45) is 1.98. The van der Waals surface area contributed by atoms with Gasteiger partial charge in [0.25, 0.3) is 0 Å². The smallest absolute Gasteiger partial charge is 0.127 e. The number of fused-ring (bicyclic) bond motifs is 1. The molecule has 4 nitrogen and oxygen atoms in total. The van der Waals surface area contributed by atoms with Gasteiger partial charge in [0, 0.05) is 45.7 Å². The van der Waals surface area contributed by atoms with Crippen molar-refractivity contribution < 1.29 is 9.47 Å². The number of H-pyrrole nitrogens is 2. The van der Waals surface area contributed by atoms with Crippen LogP contribution in [0.5, 0.6) is 11.5 Å². The Morgan fingerprint density at radius 2 is 1.41 bits per heavy atom. The molecule has 6 rings (SSSR count). The molecule has 4 heteroatoms. The summed E-state index contributed by atoms with van der Waals surface area (Å²) in [5.74, 6) is 1.49. The molecule has 0 unspecified atom stereocenters. The maximum absolute atomic E-state index is 6.05. The molecule has 0 bridgehead atoms. The second-order valence-corrected chi connectivity index (χ2v) is 9.05. The summed E-state index contributed by atoms with van der Waals surface area (Å²) in [5, 5.41) is 1.17. The van der Waals surface area contributed by atoms with E-state index in [0.717, 1.165) is 50.7 Å². The fraction of sp³-hybridized carbons (Fsp3) is 0.0909. The molecule has 2 N–H and O–H groups in total. The summed E-state index contributed by atoms with van der Waals surface area (Å²) in [6, 6.07) is 40.0. The maximum atomic E-state index is 6.05. The summed E-state index contributed by atoms with van der Waals surface area (Å²) in [4.78, 5) is 7.43. The van der Waals surface area contributed by atoms with Gasteiger partial charge in [-0.1, -0.05) is 78.9 Å². The Balaban J connectivity index is 1.83. The minimum atomic E-state index is -0.743. The van der Waals surface area contributed by atoms with Crippen LogP contribution in [-0.4, -0.2) is 24.2 Å². The molecular weight excluding hydrogens is 456 g/mol. The van der Waals surface area contributed by atoms with Crippen molar-refractivity contribution in [3.8, 4) is 22.6 Å². The fourth-order valence-electron chi connectivity index (χ4n) is 5.56. The molecule has 0 fully saturated rings. The highest BCUT2D eigenvalue weighted by molar-refractivity contribution is 5.99. The van der Waals surface area contributed by atoms with Crippen molar-refractivity contribution in [2.24, 2.45) is 0 Å². The molecule has 2 aromatic heterocycles. The summed E-state index contributed by atoms with van der Waals surface area (Å²) in [6.45, 7) is 0. The second kappa shape index (κ2) is 9.40. The number of nitrogens with one attached hydrogen (secondary N) is 2. The molecule has 0 saturated heterocycles. The van der Waals surface area contributed by atoms with Crippen LogP contribution in [0.2, 0.25) is 0 Å². The topological polar surface area (TPSA) is 50.0 Å². The number of aromatic nitrogens is 2. The molecular formula is C33H28N2O2. The lowest BCUT2D eigenvalue weighted by atomic mass is 9.67. The first-order valence-electron chi connectivity index (χ1n) is 12.4. The molecule has 0 radical (unpaired) electrons. The van der Waals surface area contributed by atoms with Gasteiger partial charge in [-0.15, -0.1) is 0 Å². The number of methoxy groups -OCH3 is 2. The van der Waals surface area contributed by atoms with Crippen LogP contribution in [0.15, 0.2) is 121 Å². The molecule has 0 aliphatic heterocycles. The zero-order valence-corrected chi connectivity index (χ0v) is 20.9. The van der Waals surface area contributed by atoms with Gasteiger partial charge in [0.05, 0.1) is 14.2 Å². The minimum absolute atomic E-state index is 0.743. The van der Waals surface area contributed by atoms with E-state index in [-0.39, 0.29) is 0 Å². The predicted molar refractivity (Wildman–Crippen MR) is 149 cm³/mol. The molecule has 0 saturated carbocycles. The summed E-state index contributed by atoms with van der Waals surface area (Å²) in [5.41, 5.74) is 6.87. The summed E-state index contributed by atoms with van der Waals surface area (Å²) in [7, 11) is 3.39. The van der Waals surface area contributed by atoms with E-state index < -0.39 is 5.41 Å². The van der Waals surface area contributed by atoms with E-state index in [1.165, 1.54) is 5.39 Å². The first-order chi connectivity index (χ1) is 18.3. The standard InChI is InChI=1S/C33H28N2O2/c1-36-25-19-20-27(29(22-25)37-2)33(30-18-11-21-34-30,24-14-7-4-8-15-24)32-31(23-12-5-3-6-13-23)26-16-9-10-17-28(26)35-32/h3-22,34-35H,1-2H3/t33-/m0/s1. The molecule has 182 valence electrons. The van der Waals surface area contributed by atoms with Crippen molar-refractivity contribution in [2.45, 2.75) is 5.41 Å². The van der Waals surface area contributed by atoms with Gasteiger partial charge in [-0.05, 0) is 41.5 Å². The highest BCUT2D eigenvalue weighted by Crippen LogP contribution is 2.52. The number of benzene rings is 4. The van der Waals surface area contributed by atoms with Crippen LogP contribution in [-0.2, 0) is 5.41 Å². The highest BCUT2D eigenvalue weighted by atomic mass is 16.5.